The summed E-state index contributed by atoms with van der Waals surface area (Å²) in [7, 11) is 0. The quantitative estimate of drug-likeness (QED) is 0.458. The molecule has 0 bridgehead atoms. The highest BCUT2D eigenvalue weighted by molar-refractivity contribution is 9.10. The third-order valence-electron chi connectivity index (χ3n) is 6.51. The van der Waals surface area contributed by atoms with E-state index in [9.17, 15) is 9.59 Å². The minimum Gasteiger partial charge on any atom is -0.489 e. The molecule has 0 saturated carbocycles. The van der Waals surface area contributed by atoms with Crippen LogP contribution in [0.15, 0.2) is 63.4 Å². The zero-order valence-electron chi connectivity index (χ0n) is 20.1. The lowest BCUT2D eigenvalue weighted by Crippen LogP contribution is -2.34. The summed E-state index contributed by atoms with van der Waals surface area (Å²) in [6.45, 7) is 8.45. The number of hydrogen-bond donors (Lipinski definition) is 1. The highest BCUT2D eigenvalue weighted by Gasteiger charge is 2.39. The Morgan fingerprint density at radius 1 is 1.09 bits per heavy atom. The van der Waals surface area contributed by atoms with Crippen LogP contribution >= 0.6 is 15.9 Å². The molecule has 1 aliphatic carbocycles. The van der Waals surface area contributed by atoms with E-state index in [2.05, 4.69) is 40.3 Å². The van der Waals surface area contributed by atoms with Crippen molar-refractivity contribution in [3.63, 3.8) is 0 Å². The van der Waals surface area contributed by atoms with Crippen LogP contribution in [-0.4, -0.2) is 18.4 Å². The van der Waals surface area contributed by atoms with Gasteiger partial charge in [-0.1, -0.05) is 28.1 Å². The van der Waals surface area contributed by atoms with Crippen LogP contribution in [0.2, 0.25) is 0 Å². The number of dihydropyridines is 1. The Labute approximate surface area is 209 Å². The molecule has 4 rings (SSSR count). The van der Waals surface area contributed by atoms with Gasteiger partial charge in [0.2, 0.25) is 0 Å². The van der Waals surface area contributed by atoms with E-state index in [1.165, 1.54) is 0 Å². The number of aryl methyl sites for hydroxylation is 2. The second-order valence-corrected chi connectivity index (χ2v) is 9.78. The van der Waals surface area contributed by atoms with Gasteiger partial charge in [0.15, 0.2) is 5.78 Å². The van der Waals surface area contributed by atoms with Gasteiger partial charge >= 0.3 is 5.97 Å². The van der Waals surface area contributed by atoms with E-state index in [1.54, 1.807) is 6.92 Å². The number of halogens is 1. The van der Waals surface area contributed by atoms with Crippen LogP contribution in [0.5, 0.6) is 5.75 Å². The van der Waals surface area contributed by atoms with Gasteiger partial charge in [-0.3, -0.25) is 4.79 Å². The van der Waals surface area contributed by atoms with Crippen molar-refractivity contribution in [2.45, 2.75) is 59.5 Å². The number of carbonyl (C=O) groups is 2. The van der Waals surface area contributed by atoms with Crippen LogP contribution in [0.1, 0.15) is 61.3 Å². The standard InChI is InChI=1S/C28H30BrNO4/c1-5-33-28(32)25-18(4)30-23-7-6-8-24(31)27(23)26(25)22-14-19(16(2)13-17(22)3)15-34-21-11-9-20(29)10-12-21/h9-14,26,30H,5-8,15H2,1-4H3/t26-/m0/s1. The van der Waals surface area contributed by atoms with Gasteiger partial charge in [0.25, 0.3) is 0 Å². The maximum atomic E-state index is 13.1. The first-order valence-corrected chi connectivity index (χ1v) is 12.5. The molecule has 1 heterocycles. The zero-order valence-corrected chi connectivity index (χ0v) is 21.7. The molecule has 2 aliphatic rings. The van der Waals surface area contributed by atoms with Gasteiger partial charge in [0, 0.05) is 33.8 Å². The molecule has 6 heteroatoms. The Kier molecular flexibility index (Phi) is 7.27. The number of allylic oxidation sites excluding steroid dienone is 3. The third kappa shape index (κ3) is 4.83. The molecule has 34 heavy (non-hydrogen) atoms. The van der Waals surface area contributed by atoms with E-state index < -0.39 is 5.92 Å². The normalized spacial score (nSPS) is 17.9. The third-order valence-corrected chi connectivity index (χ3v) is 7.04. The summed E-state index contributed by atoms with van der Waals surface area (Å²) in [5.74, 6) is 0.0490. The molecule has 1 atom stereocenters. The first-order valence-electron chi connectivity index (χ1n) is 11.7. The second-order valence-electron chi connectivity index (χ2n) is 8.86. The van der Waals surface area contributed by atoms with Crippen LogP contribution in [0.4, 0.5) is 0 Å². The van der Waals surface area contributed by atoms with Crippen LogP contribution in [-0.2, 0) is 20.9 Å². The van der Waals surface area contributed by atoms with Crippen LogP contribution in [0, 0.1) is 13.8 Å². The number of esters is 1. The number of benzene rings is 2. The van der Waals surface area contributed by atoms with Crippen molar-refractivity contribution in [3.8, 4) is 5.75 Å². The Hall–Kier alpha value is -2.86. The summed E-state index contributed by atoms with van der Waals surface area (Å²) in [6.07, 6.45) is 2.12. The molecule has 2 aromatic carbocycles. The van der Waals surface area contributed by atoms with Crippen LogP contribution in [0.25, 0.3) is 0 Å². The first-order chi connectivity index (χ1) is 16.3. The molecule has 0 unspecified atom stereocenters. The van der Waals surface area contributed by atoms with Gasteiger partial charge in [-0.2, -0.15) is 0 Å². The lowest BCUT2D eigenvalue weighted by molar-refractivity contribution is -0.138. The molecule has 2 aromatic rings. The number of ketones is 1. The van der Waals surface area contributed by atoms with Gasteiger partial charge < -0.3 is 14.8 Å². The molecule has 0 spiro atoms. The van der Waals surface area contributed by atoms with Crippen LogP contribution in [0.3, 0.4) is 0 Å². The van der Waals surface area contributed by atoms with Gasteiger partial charge in [-0.15, -0.1) is 0 Å². The van der Waals surface area contributed by atoms with Crippen molar-refractivity contribution in [2.75, 3.05) is 6.61 Å². The summed E-state index contributed by atoms with van der Waals surface area (Å²) in [6, 6.07) is 11.9. The van der Waals surface area contributed by atoms with E-state index in [0.29, 0.717) is 24.2 Å². The fourth-order valence-electron chi connectivity index (χ4n) is 4.85. The Bertz CT molecular complexity index is 1190. The average molecular weight is 524 g/mol. The molecule has 0 radical (unpaired) electrons. The highest BCUT2D eigenvalue weighted by atomic mass is 79.9. The van der Waals surface area contributed by atoms with Crippen molar-refractivity contribution >= 4 is 27.7 Å². The topological polar surface area (TPSA) is 64.6 Å². The molecule has 0 amide bonds. The second kappa shape index (κ2) is 10.2. The van der Waals surface area contributed by atoms with E-state index in [4.69, 9.17) is 9.47 Å². The number of nitrogens with one attached hydrogen (secondary N) is 1. The number of rotatable bonds is 6. The Morgan fingerprint density at radius 3 is 2.53 bits per heavy atom. The monoisotopic (exact) mass is 523 g/mol. The molecular formula is C28H30BrNO4. The highest BCUT2D eigenvalue weighted by Crippen LogP contribution is 2.44. The SMILES string of the molecule is CCOC(=O)C1=C(C)NC2=C(C(=O)CCC2)[C@H]1c1cc(COc2ccc(Br)cc2)c(C)cc1C. The molecule has 1 N–H and O–H groups in total. The summed E-state index contributed by atoms with van der Waals surface area (Å²) in [5, 5.41) is 3.34. The van der Waals surface area contributed by atoms with Gasteiger partial charge in [0.05, 0.1) is 12.2 Å². The Balaban J connectivity index is 1.78. The maximum absolute atomic E-state index is 13.1. The molecule has 1 aliphatic heterocycles. The van der Waals surface area contributed by atoms with Crippen LogP contribution < -0.4 is 10.1 Å². The van der Waals surface area contributed by atoms with E-state index in [1.807, 2.05) is 38.1 Å². The smallest absolute Gasteiger partial charge is 0.336 e. The minimum absolute atomic E-state index is 0.0979. The fraction of sp³-hybridized carbons (Fsp3) is 0.357. The van der Waals surface area contributed by atoms with E-state index in [0.717, 1.165) is 56.7 Å². The summed E-state index contributed by atoms with van der Waals surface area (Å²) in [5.41, 5.74) is 7.02. The lowest BCUT2D eigenvalue weighted by atomic mass is 9.73. The summed E-state index contributed by atoms with van der Waals surface area (Å²) in [4.78, 5) is 26.2. The van der Waals surface area contributed by atoms with Gasteiger partial charge in [-0.05, 0) is 87.1 Å². The van der Waals surface area contributed by atoms with Crippen molar-refractivity contribution in [3.05, 3.63) is 85.7 Å². The van der Waals surface area contributed by atoms with Crippen molar-refractivity contribution in [1.29, 1.82) is 0 Å². The fourth-order valence-corrected chi connectivity index (χ4v) is 5.11. The van der Waals surface area contributed by atoms with Crippen molar-refractivity contribution in [1.82, 2.24) is 5.32 Å². The van der Waals surface area contributed by atoms with Gasteiger partial charge in [0.1, 0.15) is 12.4 Å². The number of ether oxygens (including phenoxy) is 2. The van der Waals surface area contributed by atoms with Gasteiger partial charge in [-0.25, -0.2) is 4.79 Å². The lowest BCUT2D eigenvalue weighted by Gasteiger charge is -2.35. The average Bonchev–Trinajstić information content (AvgIpc) is 2.79. The molecule has 5 nitrogen and oxygen atoms in total. The maximum Gasteiger partial charge on any atom is 0.336 e. The first kappa shape index (κ1) is 24.3. The predicted molar refractivity (Wildman–Crippen MR) is 135 cm³/mol. The molecule has 0 saturated heterocycles. The van der Waals surface area contributed by atoms with Crippen molar-refractivity contribution < 1.29 is 19.1 Å². The molecule has 0 fully saturated rings. The molecule has 178 valence electrons. The number of carbonyl (C=O) groups excluding carboxylic acids is 2. The number of hydrogen-bond acceptors (Lipinski definition) is 5. The zero-order chi connectivity index (χ0) is 24.4. The summed E-state index contributed by atoms with van der Waals surface area (Å²) >= 11 is 3.45. The van der Waals surface area contributed by atoms with E-state index in [-0.39, 0.29) is 18.4 Å². The number of Topliss-reactive ketones (excluding diaryl/α,β-unsaturated/α-hetero) is 1. The largest absolute Gasteiger partial charge is 0.489 e. The minimum atomic E-state index is -0.449. The Morgan fingerprint density at radius 2 is 1.82 bits per heavy atom. The molecule has 0 aromatic heterocycles. The summed E-state index contributed by atoms with van der Waals surface area (Å²) < 4.78 is 12.5. The van der Waals surface area contributed by atoms with Crippen molar-refractivity contribution in [2.24, 2.45) is 0 Å². The molecular weight excluding hydrogens is 494 g/mol. The van der Waals surface area contributed by atoms with E-state index >= 15 is 0 Å². The predicted octanol–water partition coefficient (Wildman–Crippen LogP) is 6.18.